The van der Waals surface area contributed by atoms with E-state index in [1.54, 1.807) is 48.4 Å². The van der Waals surface area contributed by atoms with E-state index in [2.05, 4.69) is 48.1 Å². The second-order valence-electron chi connectivity index (χ2n) is 13.7. The van der Waals surface area contributed by atoms with Crippen molar-refractivity contribution in [2.75, 3.05) is 39.7 Å². The number of hydrogen-bond donors (Lipinski definition) is 2. The van der Waals surface area contributed by atoms with Crippen LogP contribution in [-0.4, -0.2) is 66.5 Å². The number of anilines is 1. The summed E-state index contributed by atoms with van der Waals surface area (Å²) in [6.07, 6.45) is 1.07. The SMILES string of the molecule is COc1ccc(NC(=O)C2(N(Cc3ccccc3F)C(=O)C[C@@H]3[C@H](c4c(C)[nH]c5ccccc45)C3(C)C)CCN(C)CC2)c(OC)c1. The molecule has 9 heteroatoms. The number of methoxy groups -OCH3 is 2. The molecule has 8 nitrogen and oxygen atoms in total. The van der Waals surface area contributed by atoms with Crippen molar-refractivity contribution >= 4 is 28.4 Å². The normalized spacial score (nSPS) is 20.1. The summed E-state index contributed by atoms with van der Waals surface area (Å²) < 4.78 is 26.2. The third kappa shape index (κ3) is 5.97. The fraction of sp³-hybridized carbons (Fsp3) is 0.421. The first-order valence-electron chi connectivity index (χ1n) is 16.3. The molecule has 6 rings (SSSR count). The van der Waals surface area contributed by atoms with Crippen molar-refractivity contribution in [2.24, 2.45) is 11.3 Å². The first-order chi connectivity index (χ1) is 22.5. The molecular weight excluding hydrogens is 595 g/mol. The molecular formula is C38H45FN4O4. The van der Waals surface area contributed by atoms with Crippen LogP contribution >= 0.6 is 0 Å². The maximum absolute atomic E-state index is 15.2. The molecule has 2 N–H and O–H groups in total. The number of aromatic nitrogens is 1. The number of aromatic amines is 1. The number of ether oxygens (including phenoxy) is 2. The lowest BCUT2D eigenvalue weighted by atomic mass is 9.83. The Hall–Kier alpha value is -4.37. The number of carbonyl (C=O) groups is 2. The van der Waals surface area contributed by atoms with Crippen molar-refractivity contribution in [3.05, 3.63) is 89.4 Å². The number of para-hydroxylation sites is 1. The Morgan fingerprint density at radius 3 is 2.43 bits per heavy atom. The van der Waals surface area contributed by atoms with E-state index in [1.807, 2.05) is 19.2 Å². The molecule has 2 aliphatic rings. The van der Waals surface area contributed by atoms with Gasteiger partial charge < -0.3 is 29.6 Å². The summed E-state index contributed by atoms with van der Waals surface area (Å²) in [6.45, 7) is 7.74. The van der Waals surface area contributed by atoms with Crippen LogP contribution in [-0.2, 0) is 16.1 Å². The Morgan fingerprint density at radius 2 is 1.72 bits per heavy atom. The van der Waals surface area contributed by atoms with Gasteiger partial charge in [-0.05, 0) is 73.9 Å². The van der Waals surface area contributed by atoms with Gasteiger partial charge in [-0.25, -0.2) is 4.39 Å². The maximum Gasteiger partial charge on any atom is 0.250 e. The molecule has 0 unspecified atom stereocenters. The van der Waals surface area contributed by atoms with Gasteiger partial charge in [-0.1, -0.05) is 50.2 Å². The number of likely N-dealkylation sites (tertiary alicyclic amines) is 1. The van der Waals surface area contributed by atoms with Crippen LogP contribution in [0.15, 0.2) is 66.7 Å². The lowest BCUT2D eigenvalue weighted by Crippen LogP contribution is -2.63. The van der Waals surface area contributed by atoms with Crippen molar-refractivity contribution in [1.82, 2.24) is 14.8 Å². The molecule has 2 heterocycles. The van der Waals surface area contributed by atoms with Crippen LogP contribution in [0.2, 0.25) is 0 Å². The van der Waals surface area contributed by atoms with E-state index in [0.717, 1.165) is 11.2 Å². The molecule has 1 saturated carbocycles. The second kappa shape index (κ2) is 12.7. The molecule has 2 fully saturated rings. The zero-order valence-electron chi connectivity index (χ0n) is 28.2. The van der Waals surface area contributed by atoms with Gasteiger partial charge in [0.25, 0.3) is 5.91 Å². The van der Waals surface area contributed by atoms with Crippen molar-refractivity contribution in [2.45, 2.75) is 58.0 Å². The van der Waals surface area contributed by atoms with Gasteiger partial charge in [0.2, 0.25) is 5.91 Å². The van der Waals surface area contributed by atoms with Gasteiger partial charge in [-0.2, -0.15) is 0 Å². The summed E-state index contributed by atoms with van der Waals surface area (Å²) in [6, 6.07) is 20.0. The van der Waals surface area contributed by atoms with E-state index < -0.39 is 11.4 Å². The van der Waals surface area contributed by atoms with Gasteiger partial charge in [0, 0.05) is 54.3 Å². The average molecular weight is 641 g/mol. The molecule has 0 spiro atoms. The molecule has 3 aromatic carbocycles. The number of rotatable bonds is 10. The molecule has 47 heavy (non-hydrogen) atoms. The number of benzene rings is 3. The summed E-state index contributed by atoms with van der Waals surface area (Å²) in [5.74, 6) is 0.421. The summed E-state index contributed by atoms with van der Waals surface area (Å²) in [7, 11) is 5.11. The molecule has 2 atom stereocenters. The number of H-pyrrole nitrogens is 1. The predicted octanol–water partition coefficient (Wildman–Crippen LogP) is 6.89. The summed E-state index contributed by atoms with van der Waals surface area (Å²) >= 11 is 0. The van der Waals surface area contributed by atoms with E-state index >= 15 is 4.39 Å². The topological polar surface area (TPSA) is 86.9 Å². The Labute approximate surface area is 276 Å². The quantitative estimate of drug-likeness (QED) is 0.197. The van der Waals surface area contributed by atoms with Gasteiger partial charge in [0.1, 0.15) is 22.9 Å². The van der Waals surface area contributed by atoms with Crippen LogP contribution in [0.1, 0.15) is 55.8 Å². The standard InChI is InChI=1S/C38H45FN4O4/c1-24-34(27-12-8-10-14-30(27)40-24)35-28(37(35,2)3)22-33(44)43(23-25-11-7-9-13-29(25)39)38(17-19-42(4)20-18-38)36(45)41-31-16-15-26(46-5)21-32(31)47-6/h7-16,21,28,35,40H,17-20,22-23H2,1-6H3,(H,41,45)/t28-,35-/m1/s1. The fourth-order valence-corrected chi connectivity index (χ4v) is 7.72. The first kappa shape index (κ1) is 32.6. The molecule has 1 aromatic heterocycles. The highest BCUT2D eigenvalue weighted by molar-refractivity contribution is 6.01. The van der Waals surface area contributed by atoms with Crippen molar-refractivity contribution in [3.8, 4) is 11.5 Å². The zero-order chi connectivity index (χ0) is 33.5. The smallest absolute Gasteiger partial charge is 0.250 e. The van der Waals surface area contributed by atoms with E-state index in [1.165, 1.54) is 24.1 Å². The van der Waals surface area contributed by atoms with Crippen LogP contribution in [0.5, 0.6) is 11.5 Å². The molecule has 1 saturated heterocycles. The third-order valence-electron chi connectivity index (χ3n) is 10.7. The summed E-state index contributed by atoms with van der Waals surface area (Å²) in [4.78, 5) is 36.7. The van der Waals surface area contributed by atoms with Crippen molar-refractivity contribution in [1.29, 1.82) is 0 Å². The van der Waals surface area contributed by atoms with E-state index in [4.69, 9.17) is 9.47 Å². The van der Waals surface area contributed by atoms with Crippen LogP contribution in [0, 0.1) is 24.1 Å². The highest BCUT2D eigenvalue weighted by Crippen LogP contribution is 2.67. The van der Waals surface area contributed by atoms with E-state index in [9.17, 15) is 9.59 Å². The molecule has 0 radical (unpaired) electrons. The van der Waals surface area contributed by atoms with Gasteiger partial charge in [-0.15, -0.1) is 0 Å². The lowest BCUT2D eigenvalue weighted by molar-refractivity contribution is -0.150. The minimum absolute atomic E-state index is 0.00762. The molecule has 248 valence electrons. The minimum atomic E-state index is -1.21. The van der Waals surface area contributed by atoms with Crippen LogP contribution in [0.25, 0.3) is 10.9 Å². The Morgan fingerprint density at radius 1 is 1.02 bits per heavy atom. The number of aryl methyl sites for hydroxylation is 1. The van der Waals surface area contributed by atoms with Crippen LogP contribution < -0.4 is 14.8 Å². The van der Waals surface area contributed by atoms with Crippen LogP contribution in [0.4, 0.5) is 10.1 Å². The largest absolute Gasteiger partial charge is 0.497 e. The number of carbonyl (C=O) groups excluding carboxylic acids is 2. The van der Waals surface area contributed by atoms with Gasteiger partial charge in [0.05, 0.1) is 19.9 Å². The summed E-state index contributed by atoms with van der Waals surface area (Å²) in [5, 5.41) is 4.27. The molecule has 4 aromatic rings. The van der Waals surface area contributed by atoms with Crippen molar-refractivity contribution < 1.29 is 23.5 Å². The van der Waals surface area contributed by atoms with Crippen LogP contribution in [0.3, 0.4) is 0 Å². The molecule has 0 bridgehead atoms. The first-order valence-corrected chi connectivity index (χ1v) is 16.3. The number of piperidine rings is 1. The Bertz CT molecular complexity index is 1790. The highest BCUT2D eigenvalue weighted by atomic mass is 19.1. The molecule has 2 amide bonds. The Balaban J connectivity index is 1.37. The zero-order valence-corrected chi connectivity index (χ0v) is 28.2. The maximum atomic E-state index is 15.2. The second-order valence-corrected chi connectivity index (χ2v) is 13.7. The van der Waals surface area contributed by atoms with Gasteiger partial charge in [-0.3, -0.25) is 9.59 Å². The van der Waals surface area contributed by atoms with Gasteiger partial charge in [0.15, 0.2) is 0 Å². The molecule has 1 aliphatic carbocycles. The number of fused-ring (bicyclic) bond motifs is 1. The molecule has 1 aliphatic heterocycles. The highest BCUT2D eigenvalue weighted by Gasteiger charge is 2.60. The van der Waals surface area contributed by atoms with E-state index in [0.29, 0.717) is 48.7 Å². The predicted molar refractivity (Wildman–Crippen MR) is 182 cm³/mol. The average Bonchev–Trinajstić information content (AvgIpc) is 3.41. The number of halogens is 1. The number of hydrogen-bond acceptors (Lipinski definition) is 5. The lowest BCUT2D eigenvalue weighted by Gasteiger charge is -2.47. The van der Waals surface area contributed by atoms with E-state index in [-0.39, 0.29) is 42.0 Å². The summed E-state index contributed by atoms with van der Waals surface area (Å²) in [5.41, 5.74) is 2.98. The van der Waals surface area contributed by atoms with Gasteiger partial charge >= 0.3 is 0 Å². The fourth-order valence-electron chi connectivity index (χ4n) is 7.72. The number of amides is 2. The minimum Gasteiger partial charge on any atom is -0.497 e. The number of nitrogens with one attached hydrogen (secondary N) is 2. The Kier molecular flexibility index (Phi) is 8.78. The third-order valence-corrected chi connectivity index (χ3v) is 10.7. The van der Waals surface area contributed by atoms with Crippen molar-refractivity contribution in [3.63, 3.8) is 0 Å². The number of nitrogens with zero attached hydrogens (tertiary/aromatic N) is 2. The monoisotopic (exact) mass is 640 g/mol.